The van der Waals surface area contributed by atoms with Gasteiger partial charge >= 0.3 is 0 Å². The molecule has 12 heavy (non-hydrogen) atoms. The van der Waals surface area contributed by atoms with Crippen LogP contribution in [0.15, 0.2) is 35.9 Å². The highest BCUT2D eigenvalue weighted by Crippen LogP contribution is 2.12. The Balaban J connectivity index is 2.81. The topological polar surface area (TPSA) is 0 Å². The first-order valence-corrected chi connectivity index (χ1v) is 4.51. The van der Waals surface area contributed by atoms with Gasteiger partial charge in [-0.1, -0.05) is 42.0 Å². The van der Waals surface area contributed by atoms with Crippen LogP contribution in [0, 0.1) is 0 Å². The molecular formula is C11H13Cl. The van der Waals surface area contributed by atoms with Crippen molar-refractivity contribution in [3.63, 3.8) is 0 Å². The molecule has 1 rings (SSSR count). The molecule has 0 radical (unpaired) electrons. The quantitative estimate of drug-likeness (QED) is 0.609. The first-order chi connectivity index (χ1) is 5.70. The van der Waals surface area contributed by atoms with Crippen LogP contribution in [-0.4, -0.2) is 5.38 Å². The Morgan fingerprint density at radius 1 is 1.33 bits per heavy atom. The van der Waals surface area contributed by atoms with E-state index in [1.54, 1.807) is 0 Å². The van der Waals surface area contributed by atoms with Crippen molar-refractivity contribution in [1.29, 1.82) is 0 Å². The third-order valence-corrected chi connectivity index (χ3v) is 2.17. The van der Waals surface area contributed by atoms with Crippen LogP contribution >= 0.6 is 11.6 Å². The highest BCUT2D eigenvalue weighted by Gasteiger charge is 1.97. The van der Waals surface area contributed by atoms with Crippen LogP contribution in [0.2, 0.25) is 0 Å². The molecule has 0 saturated carbocycles. The molecule has 1 aromatic rings. The first-order valence-electron chi connectivity index (χ1n) is 4.07. The average molecular weight is 181 g/mol. The van der Waals surface area contributed by atoms with Crippen LogP contribution in [-0.2, 0) is 0 Å². The molecule has 0 heterocycles. The summed E-state index contributed by atoms with van der Waals surface area (Å²) in [6.07, 6.45) is 2.11. The summed E-state index contributed by atoms with van der Waals surface area (Å²) in [6, 6.07) is 10.2. The second kappa shape index (κ2) is 4.32. The van der Waals surface area contributed by atoms with E-state index in [1.165, 1.54) is 11.1 Å². The normalized spacial score (nSPS) is 14.4. The number of allylic oxidation sites excluding steroid dienone is 1. The van der Waals surface area contributed by atoms with Crippen molar-refractivity contribution in [3.8, 4) is 0 Å². The van der Waals surface area contributed by atoms with Gasteiger partial charge in [0.1, 0.15) is 0 Å². The molecule has 1 heteroatoms. The summed E-state index contributed by atoms with van der Waals surface area (Å²) >= 11 is 5.91. The molecule has 0 aliphatic heterocycles. The summed E-state index contributed by atoms with van der Waals surface area (Å²) in [6.45, 7) is 4.03. The molecule has 1 aromatic carbocycles. The van der Waals surface area contributed by atoms with Crippen molar-refractivity contribution in [2.45, 2.75) is 19.2 Å². The summed E-state index contributed by atoms with van der Waals surface area (Å²) in [4.78, 5) is 0. The number of hydrogen-bond acceptors (Lipinski definition) is 0. The third-order valence-electron chi connectivity index (χ3n) is 1.82. The fraction of sp³-hybridized carbons (Fsp3) is 0.273. The van der Waals surface area contributed by atoms with Gasteiger partial charge in [0, 0.05) is 0 Å². The van der Waals surface area contributed by atoms with Crippen LogP contribution in [0.3, 0.4) is 0 Å². The number of halogens is 1. The Bertz CT molecular complexity index is 260. The van der Waals surface area contributed by atoms with E-state index in [9.17, 15) is 0 Å². The molecule has 1 unspecified atom stereocenters. The Hall–Kier alpha value is -0.750. The Morgan fingerprint density at radius 3 is 2.42 bits per heavy atom. The molecule has 0 nitrogen and oxygen atoms in total. The molecule has 0 fully saturated rings. The van der Waals surface area contributed by atoms with Gasteiger partial charge < -0.3 is 0 Å². The minimum absolute atomic E-state index is 0.116. The lowest BCUT2D eigenvalue weighted by Crippen LogP contribution is -1.91. The maximum Gasteiger partial charge on any atom is 0.0517 e. The van der Waals surface area contributed by atoms with Crippen LogP contribution < -0.4 is 0 Å². The van der Waals surface area contributed by atoms with E-state index in [0.717, 1.165) is 0 Å². The molecule has 1 atom stereocenters. The molecule has 0 N–H and O–H groups in total. The fourth-order valence-electron chi connectivity index (χ4n) is 0.927. The van der Waals surface area contributed by atoms with Crippen LogP contribution in [0.5, 0.6) is 0 Å². The SMILES string of the molecule is C/C(=C\c1ccccc1)C(C)Cl. The molecule has 0 aromatic heterocycles. The zero-order valence-electron chi connectivity index (χ0n) is 7.42. The molecular weight excluding hydrogens is 168 g/mol. The Morgan fingerprint density at radius 2 is 1.92 bits per heavy atom. The monoisotopic (exact) mass is 180 g/mol. The predicted octanol–water partition coefficient (Wildman–Crippen LogP) is 3.72. The van der Waals surface area contributed by atoms with Crippen LogP contribution in [0.25, 0.3) is 6.08 Å². The minimum atomic E-state index is 0.116. The summed E-state index contributed by atoms with van der Waals surface area (Å²) in [7, 11) is 0. The van der Waals surface area contributed by atoms with Gasteiger partial charge in [0.25, 0.3) is 0 Å². The van der Waals surface area contributed by atoms with E-state index in [1.807, 2.05) is 32.0 Å². The molecule has 0 saturated heterocycles. The number of hydrogen-bond donors (Lipinski definition) is 0. The van der Waals surface area contributed by atoms with Gasteiger partial charge in [-0.25, -0.2) is 0 Å². The maximum absolute atomic E-state index is 5.91. The number of rotatable bonds is 2. The molecule has 0 aliphatic carbocycles. The van der Waals surface area contributed by atoms with Gasteiger partial charge in [0.15, 0.2) is 0 Å². The van der Waals surface area contributed by atoms with Crippen LogP contribution in [0.4, 0.5) is 0 Å². The molecule has 0 amide bonds. The van der Waals surface area contributed by atoms with Gasteiger partial charge in [-0.05, 0) is 19.4 Å². The zero-order chi connectivity index (χ0) is 8.97. The molecule has 0 spiro atoms. The lowest BCUT2D eigenvalue weighted by molar-refractivity contribution is 1.12. The minimum Gasteiger partial charge on any atom is -0.118 e. The Kier molecular flexibility index (Phi) is 3.36. The zero-order valence-corrected chi connectivity index (χ0v) is 8.18. The van der Waals surface area contributed by atoms with Gasteiger partial charge in [0.05, 0.1) is 5.38 Å². The van der Waals surface area contributed by atoms with E-state index in [-0.39, 0.29) is 5.38 Å². The smallest absolute Gasteiger partial charge is 0.0517 e. The summed E-state index contributed by atoms with van der Waals surface area (Å²) in [5.41, 5.74) is 2.41. The van der Waals surface area contributed by atoms with E-state index < -0.39 is 0 Å². The third kappa shape index (κ3) is 2.71. The fourth-order valence-corrected chi connectivity index (χ4v) is 0.990. The highest BCUT2D eigenvalue weighted by atomic mass is 35.5. The molecule has 64 valence electrons. The summed E-state index contributed by atoms with van der Waals surface area (Å²) in [5.74, 6) is 0. The predicted molar refractivity (Wildman–Crippen MR) is 55.4 cm³/mol. The first kappa shape index (κ1) is 9.34. The van der Waals surface area contributed by atoms with E-state index >= 15 is 0 Å². The van der Waals surface area contributed by atoms with Crippen molar-refractivity contribution in [2.75, 3.05) is 0 Å². The van der Waals surface area contributed by atoms with Gasteiger partial charge in [-0.2, -0.15) is 0 Å². The van der Waals surface area contributed by atoms with Crippen molar-refractivity contribution in [2.24, 2.45) is 0 Å². The van der Waals surface area contributed by atoms with E-state index in [0.29, 0.717) is 0 Å². The standard InChI is InChI=1S/C11H13Cl/c1-9(10(2)12)8-11-6-4-3-5-7-11/h3-8,10H,1-2H3/b9-8+. The van der Waals surface area contributed by atoms with Gasteiger partial charge in [-0.3, -0.25) is 0 Å². The van der Waals surface area contributed by atoms with Gasteiger partial charge in [0.2, 0.25) is 0 Å². The largest absolute Gasteiger partial charge is 0.118 e. The van der Waals surface area contributed by atoms with Crippen molar-refractivity contribution >= 4 is 17.7 Å². The van der Waals surface area contributed by atoms with E-state index in [4.69, 9.17) is 11.6 Å². The lowest BCUT2D eigenvalue weighted by Gasteiger charge is -2.02. The average Bonchev–Trinajstić information content (AvgIpc) is 2.06. The van der Waals surface area contributed by atoms with Crippen molar-refractivity contribution in [3.05, 3.63) is 41.5 Å². The second-order valence-electron chi connectivity index (χ2n) is 2.92. The molecule has 0 bridgehead atoms. The molecule has 0 aliphatic rings. The van der Waals surface area contributed by atoms with Crippen molar-refractivity contribution in [1.82, 2.24) is 0 Å². The van der Waals surface area contributed by atoms with Crippen LogP contribution in [0.1, 0.15) is 19.4 Å². The van der Waals surface area contributed by atoms with E-state index in [2.05, 4.69) is 18.2 Å². The second-order valence-corrected chi connectivity index (χ2v) is 3.57. The van der Waals surface area contributed by atoms with Crippen molar-refractivity contribution < 1.29 is 0 Å². The highest BCUT2D eigenvalue weighted by molar-refractivity contribution is 6.22. The summed E-state index contributed by atoms with van der Waals surface area (Å²) < 4.78 is 0. The van der Waals surface area contributed by atoms with Gasteiger partial charge in [-0.15, -0.1) is 11.6 Å². The Labute approximate surface area is 78.9 Å². The number of alkyl halides is 1. The number of benzene rings is 1. The summed E-state index contributed by atoms with van der Waals surface area (Å²) in [5, 5.41) is 0.116. The maximum atomic E-state index is 5.91. The lowest BCUT2D eigenvalue weighted by atomic mass is 10.1.